The van der Waals surface area contributed by atoms with Gasteiger partial charge in [-0.15, -0.1) is 24.0 Å². The fourth-order valence-corrected chi connectivity index (χ4v) is 1.58. The van der Waals surface area contributed by atoms with Crippen LogP contribution in [0.1, 0.15) is 6.92 Å². The summed E-state index contributed by atoms with van der Waals surface area (Å²) in [6.07, 6.45) is 0. The third kappa shape index (κ3) is 7.94. The number of para-hydroxylation sites is 2. The summed E-state index contributed by atoms with van der Waals surface area (Å²) in [5.74, 6) is 0. The van der Waals surface area contributed by atoms with Gasteiger partial charge in [0.15, 0.2) is 0 Å². The largest absolute Gasteiger partial charge is 4.00 e. The maximum absolute atomic E-state index is 4.58. The molecule has 0 heterocycles. The van der Waals surface area contributed by atoms with Crippen molar-refractivity contribution in [3.63, 3.8) is 0 Å². The molecule has 0 N–H and O–H groups in total. The fraction of sp³-hybridized carbons (Fsp3) is 0.200. The van der Waals surface area contributed by atoms with E-state index in [1.165, 1.54) is 0 Å². The monoisotopic (exact) mass is 384 g/mol. The van der Waals surface area contributed by atoms with Crippen molar-refractivity contribution in [2.75, 3.05) is 6.54 Å². The molecule has 0 amide bonds. The van der Waals surface area contributed by atoms with E-state index in [-0.39, 0.29) is 57.1 Å². The minimum absolute atomic E-state index is 0. The molecule has 2 aromatic carbocycles. The second kappa shape index (κ2) is 12.3. The molecule has 2 aromatic rings. The number of benzene rings is 2. The number of hydrogen-bond acceptors (Lipinski definition) is 0. The summed E-state index contributed by atoms with van der Waals surface area (Å²) < 4.78 is 0. The molecule has 1 unspecified atom stereocenters. The zero-order valence-electron chi connectivity index (χ0n) is 11.2. The van der Waals surface area contributed by atoms with Gasteiger partial charge in [-0.25, -0.2) is 0 Å². The van der Waals surface area contributed by atoms with Crippen molar-refractivity contribution in [1.29, 1.82) is 0 Å². The van der Waals surface area contributed by atoms with Gasteiger partial charge in [-0.3, -0.25) is 0 Å². The molecule has 0 bridgehead atoms. The van der Waals surface area contributed by atoms with Crippen LogP contribution in [-0.2, 0) is 26.2 Å². The average molecular weight is 386 g/mol. The molecule has 104 valence electrons. The molecule has 0 aromatic heterocycles. The Morgan fingerprint density at radius 1 is 0.800 bits per heavy atom. The second-order valence-electron chi connectivity index (χ2n) is 3.99. The minimum atomic E-state index is 0. The Labute approximate surface area is 152 Å². The Hall–Kier alpha value is -0.497. The van der Waals surface area contributed by atoms with Crippen molar-refractivity contribution < 1.29 is 51.0 Å². The zero-order valence-corrected chi connectivity index (χ0v) is 15.2. The van der Waals surface area contributed by atoms with Gasteiger partial charge < -0.3 is 35.4 Å². The molecule has 0 spiro atoms. The van der Waals surface area contributed by atoms with Gasteiger partial charge in [0.25, 0.3) is 0 Å². The molecule has 0 saturated carbocycles. The van der Waals surface area contributed by atoms with Crippen LogP contribution in [0.2, 0.25) is 0 Å². The zero-order chi connectivity index (χ0) is 11.9. The molecule has 5 heteroatoms. The second-order valence-corrected chi connectivity index (χ2v) is 3.99. The topological polar surface area (TPSA) is 28.2 Å². The Kier molecular flexibility index (Phi) is 13.4. The molecule has 0 aliphatic rings. The summed E-state index contributed by atoms with van der Waals surface area (Å²) in [6.45, 7) is 2.80. The van der Waals surface area contributed by atoms with E-state index in [0.29, 0.717) is 0 Å². The van der Waals surface area contributed by atoms with Crippen LogP contribution in [0.4, 0.5) is 11.4 Å². The number of rotatable bonds is 5. The molecule has 0 saturated heterocycles. The molecule has 0 fully saturated rings. The first kappa shape index (κ1) is 21.8. The summed E-state index contributed by atoms with van der Waals surface area (Å²) >= 11 is 0. The third-order valence-electron chi connectivity index (χ3n) is 2.42. The van der Waals surface area contributed by atoms with Crippen molar-refractivity contribution in [3.05, 3.63) is 71.3 Å². The van der Waals surface area contributed by atoms with Crippen LogP contribution in [0.5, 0.6) is 0 Å². The molecule has 2 nitrogen and oxygen atoms in total. The Bertz CT molecular complexity index is 440. The molecule has 0 radical (unpaired) electrons. The first-order valence-corrected chi connectivity index (χ1v) is 5.83. The summed E-state index contributed by atoms with van der Waals surface area (Å²) in [5, 5.41) is 9.09. The maximum atomic E-state index is 4.58. The Morgan fingerprint density at radius 3 is 1.75 bits per heavy atom. The van der Waals surface area contributed by atoms with Gasteiger partial charge in [0, 0.05) is 0 Å². The first-order valence-electron chi connectivity index (χ1n) is 5.83. The normalized spacial score (nSPS) is 10.1. The Balaban J connectivity index is 0. The predicted octanol–water partition coefficient (Wildman–Crippen LogP) is -1.21. The minimum Gasteiger partial charge on any atom is -1.00 e. The van der Waals surface area contributed by atoms with Crippen molar-refractivity contribution in [2.24, 2.45) is 0 Å². The van der Waals surface area contributed by atoms with Crippen molar-refractivity contribution in [2.45, 2.75) is 13.0 Å². The summed E-state index contributed by atoms with van der Waals surface area (Å²) in [7, 11) is 0. The third-order valence-corrected chi connectivity index (χ3v) is 2.42. The molecule has 0 aliphatic heterocycles. The molecule has 20 heavy (non-hydrogen) atoms. The van der Waals surface area contributed by atoms with Crippen LogP contribution in [0.15, 0.2) is 60.7 Å². The van der Waals surface area contributed by atoms with E-state index in [1.807, 2.05) is 60.7 Å². The standard InChI is InChI=1S/C15H16N2.2ClH.Zr/c1-13(17-15-10-6-3-7-11-15)12-16-14-8-4-2-5-9-14;;;/h2-11,13H,12H2,1H3;2*1H;/q-2;;;+4/p-2. The summed E-state index contributed by atoms with van der Waals surface area (Å²) in [4.78, 5) is 0. The van der Waals surface area contributed by atoms with Crippen LogP contribution < -0.4 is 24.8 Å². The van der Waals surface area contributed by atoms with E-state index in [9.17, 15) is 0 Å². The molecule has 0 aliphatic carbocycles. The van der Waals surface area contributed by atoms with E-state index in [1.54, 1.807) is 0 Å². The van der Waals surface area contributed by atoms with Crippen LogP contribution in [0, 0.1) is 0 Å². The fourth-order valence-electron chi connectivity index (χ4n) is 1.58. The van der Waals surface area contributed by atoms with Crippen molar-refractivity contribution >= 4 is 11.4 Å². The van der Waals surface area contributed by atoms with E-state index in [2.05, 4.69) is 17.6 Å². The van der Waals surface area contributed by atoms with Crippen molar-refractivity contribution in [1.82, 2.24) is 0 Å². The number of nitrogens with zero attached hydrogens (tertiary/aromatic N) is 2. The van der Waals surface area contributed by atoms with Gasteiger partial charge in [0.1, 0.15) is 0 Å². The van der Waals surface area contributed by atoms with E-state index >= 15 is 0 Å². The quantitative estimate of drug-likeness (QED) is 0.617. The van der Waals surface area contributed by atoms with Gasteiger partial charge in [-0.2, -0.15) is 0 Å². The first-order chi connectivity index (χ1) is 8.34. The Morgan fingerprint density at radius 2 is 1.25 bits per heavy atom. The van der Waals surface area contributed by atoms with Crippen molar-refractivity contribution in [3.8, 4) is 0 Å². The SMILES string of the molecule is CC(C[N-]c1ccccc1)[N-]c1ccccc1.[Cl-].[Cl-].[Zr+4]. The van der Waals surface area contributed by atoms with Crippen LogP contribution in [0.25, 0.3) is 10.6 Å². The van der Waals surface area contributed by atoms with Gasteiger partial charge in [-0.05, 0) is 0 Å². The van der Waals surface area contributed by atoms with Gasteiger partial charge in [0.05, 0.1) is 0 Å². The van der Waals surface area contributed by atoms with Gasteiger partial charge >= 0.3 is 26.2 Å². The van der Waals surface area contributed by atoms with E-state index in [0.717, 1.165) is 17.9 Å². The van der Waals surface area contributed by atoms with Gasteiger partial charge in [0.2, 0.25) is 0 Å². The average Bonchev–Trinajstić information content (AvgIpc) is 2.39. The van der Waals surface area contributed by atoms with E-state index < -0.39 is 0 Å². The summed E-state index contributed by atoms with van der Waals surface area (Å²) in [6, 6.07) is 20.2. The number of hydrogen-bond donors (Lipinski definition) is 0. The van der Waals surface area contributed by atoms with Crippen LogP contribution in [0.3, 0.4) is 0 Å². The predicted molar refractivity (Wildman–Crippen MR) is 73.3 cm³/mol. The van der Waals surface area contributed by atoms with Crippen LogP contribution >= 0.6 is 0 Å². The molecule has 1 atom stereocenters. The molecular formula is C15H16Cl2N2Zr. The van der Waals surface area contributed by atoms with E-state index in [4.69, 9.17) is 0 Å². The molecule has 2 rings (SSSR count). The maximum Gasteiger partial charge on any atom is 4.00 e. The summed E-state index contributed by atoms with van der Waals surface area (Å²) in [5.41, 5.74) is 2.03. The van der Waals surface area contributed by atoms with Gasteiger partial charge in [-0.1, -0.05) is 67.6 Å². The van der Waals surface area contributed by atoms with Crippen LogP contribution in [-0.4, -0.2) is 12.6 Å². The number of halogens is 2. The smallest absolute Gasteiger partial charge is 1.00 e. The molecular weight excluding hydrogens is 370 g/mol.